The number of rotatable bonds is 6. The predicted molar refractivity (Wildman–Crippen MR) is 79.6 cm³/mol. The molecule has 0 fully saturated rings. The molecule has 1 amide bonds. The number of thiophene rings is 2. The zero-order valence-electron chi connectivity index (χ0n) is 10.8. The van der Waals surface area contributed by atoms with Crippen LogP contribution in [0.3, 0.4) is 0 Å². The Balaban J connectivity index is 1.79. The molecule has 19 heavy (non-hydrogen) atoms. The SMILES string of the molecule is CN(CC(O)c1cccs1)C(=O)CCc1cccs1. The van der Waals surface area contributed by atoms with Crippen molar-refractivity contribution in [3.63, 3.8) is 0 Å². The van der Waals surface area contributed by atoms with E-state index in [1.54, 1.807) is 23.3 Å². The van der Waals surface area contributed by atoms with Crippen LogP contribution in [0.15, 0.2) is 35.0 Å². The first-order valence-electron chi connectivity index (χ1n) is 6.14. The smallest absolute Gasteiger partial charge is 0.222 e. The number of hydrogen-bond acceptors (Lipinski definition) is 4. The van der Waals surface area contributed by atoms with Crippen LogP contribution in [0.1, 0.15) is 22.3 Å². The van der Waals surface area contributed by atoms with Crippen molar-refractivity contribution in [2.75, 3.05) is 13.6 Å². The Labute approximate surface area is 121 Å². The fourth-order valence-electron chi connectivity index (χ4n) is 1.81. The highest BCUT2D eigenvalue weighted by molar-refractivity contribution is 7.10. The summed E-state index contributed by atoms with van der Waals surface area (Å²) in [6.45, 7) is 0.351. The van der Waals surface area contributed by atoms with Crippen molar-refractivity contribution in [2.45, 2.75) is 18.9 Å². The van der Waals surface area contributed by atoms with Crippen LogP contribution in [0.4, 0.5) is 0 Å². The second-order valence-corrected chi connectivity index (χ2v) is 6.40. The van der Waals surface area contributed by atoms with Crippen molar-refractivity contribution in [3.05, 3.63) is 44.8 Å². The maximum Gasteiger partial charge on any atom is 0.222 e. The first kappa shape index (κ1) is 14.2. The van der Waals surface area contributed by atoms with Gasteiger partial charge in [-0.1, -0.05) is 12.1 Å². The third-order valence-corrected chi connectivity index (χ3v) is 4.82. The molecular formula is C14H17NO2S2. The third-order valence-electron chi connectivity index (χ3n) is 2.91. The lowest BCUT2D eigenvalue weighted by molar-refractivity contribution is -0.131. The molecule has 1 unspecified atom stereocenters. The number of likely N-dealkylation sites (N-methyl/N-ethyl adjacent to an activating group) is 1. The van der Waals surface area contributed by atoms with E-state index in [0.717, 1.165) is 11.3 Å². The van der Waals surface area contributed by atoms with E-state index in [2.05, 4.69) is 0 Å². The highest BCUT2D eigenvalue weighted by atomic mass is 32.1. The fraction of sp³-hybridized carbons (Fsp3) is 0.357. The van der Waals surface area contributed by atoms with E-state index in [4.69, 9.17) is 0 Å². The maximum atomic E-state index is 12.0. The van der Waals surface area contributed by atoms with Crippen molar-refractivity contribution < 1.29 is 9.90 Å². The molecule has 1 N–H and O–H groups in total. The number of aliphatic hydroxyl groups excluding tert-OH is 1. The quantitative estimate of drug-likeness (QED) is 0.890. The van der Waals surface area contributed by atoms with Gasteiger partial charge < -0.3 is 10.0 Å². The van der Waals surface area contributed by atoms with Gasteiger partial charge >= 0.3 is 0 Å². The zero-order chi connectivity index (χ0) is 13.7. The lowest BCUT2D eigenvalue weighted by Crippen LogP contribution is -2.30. The summed E-state index contributed by atoms with van der Waals surface area (Å²) >= 11 is 3.18. The lowest BCUT2D eigenvalue weighted by Gasteiger charge is -2.20. The minimum Gasteiger partial charge on any atom is -0.386 e. The second kappa shape index (κ2) is 6.84. The molecule has 0 aliphatic carbocycles. The number of carbonyl (C=O) groups is 1. The molecular weight excluding hydrogens is 278 g/mol. The standard InChI is InChI=1S/C14H17NO2S2/c1-15(10-12(16)13-5-3-9-19-13)14(17)7-6-11-4-2-8-18-11/h2-5,8-9,12,16H,6-7,10H2,1H3. The highest BCUT2D eigenvalue weighted by Crippen LogP contribution is 2.19. The number of carbonyl (C=O) groups excluding carboxylic acids is 1. The van der Waals surface area contributed by atoms with E-state index in [9.17, 15) is 9.90 Å². The van der Waals surface area contributed by atoms with Crippen molar-refractivity contribution in [2.24, 2.45) is 0 Å². The van der Waals surface area contributed by atoms with Crippen LogP contribution in [0.5, 0.6) is 0 Å². The number of amides is 1. The number of hydrogen-bond donors (Lipinski definition) is 1. The van der Waals surface area contributed by atoms with Crippen molar-refractivity contribution in [3.8, 4) is 0 Å². The molecule has 0 bridgehead atoms. The van der Waals surface area contributed by atoms with Crippen LogP contribution < -0.4 is 0 Å². The summed E-state index contributed by atoms with van der Waals surface area (Å²) in [6.07, 6.45) is 0.681. The molecule has 102 valence electrons. The van der Waals surface area contributed by atoms with Gasteiger partial charge in [-0.3, -0.25) is 4.79 Å². The topological polar surface area (TPSA) is 40.5 Å². The third kappa shape index (κ3) is 4.16. The minimum atomic E-state index is -0.587. The summed E-state index contributed by atoms with van der Waals surface area (Å²) < 4.78 is 0. The highest BCUT2D eigenvalue weighted by Gasteiger charge is 2.15. The summed E-state index contributed by atoms with van der Waals surface area (Å²) in [6, 6.07) is 7.83. The molecule has 0 radical (unpaired) electrons. The van der Waals surface area contributed by atoms with Gasteiger partial charge in [-0.25, -0.2) is 0 Å². The first-order valence-corrected chi connectivity index (χ1v) is 7.90. The maximum absolute atomic E-state index is 12.0. The van der Waals surface area contributed by atoms with E-state index in [1.165, 1.54) is 16.2 Å². The van der Waals surface area contributed by atoms with Gasteiger partial charge in [-0.15, -0.1) is 22.7 Å². The van der Waals surface area contributed by atoms with Gasteiger partial charge in [0, 0.05) is 23.2 Å². The van der Waals surface area contributed by atoms with Gasteiger partial charge in [-0.2, -0.15) is 0 Å². The fourth-order valence-corrected chi connectivity index (χ4v) is 3.22. The van der Waals surface area contributed by atoms with Gasteiger partial charge in [0.2, 0.25) is 5.91 Å². The monoisotopic (exact) mass is 295 g/mol. The predicted octanol–water partition coefficient (Wildman–Crippen LogP) is 2.93. The Hall–Kier alpha value is -1.17. The molecule has 2 heterocycles. The average molecular weight is 295 g/mol. The molecule has 2 aromatic heterocycles. The molecule has 0 aromatic carbocycles. The van der Waals surface area contributed by atoms with Gasteiger partial charge in [-0.05, 0) is 29.3 Å². The molecule has 2 rings (SSSR count). The summed E-state index contributed by atoms with van der Waals surface area (Å²) in [7, 11) is 1.74. The molecule has 0 aliphatic rings. The van der Waals surface area contributed by atoms with Crippen LogP contribution in [-0.2, 0) is 11.2 Å². The molecule has 3 nitrogen and oxygen atoms in total. The molecule has 5 heteroatoms. The normalized spacial score (nSPS) is 12.3. The summed E-state index contributed by atoms with van der Waals surface area (Å²) in [5.74, 6) is 0.0732. The van der Waals surface area contributed by atoms with E-state index in [1.807, 2.05) is 35.0 Å². The molecule has 2 aromatic rings. The second-order valence-electron chi connectivity index (χ2n) is 4.38. The Bertz CT molecular complexity index is 494. The Morgan fingerprint density at radius 3 is 2.68 bits per heavy atom. The first-order chi connectivity index (χ1) is 9.16. The van der Waals surface area contributed by atoms with Crippen molar-refractivity contribution >= 4 is 28.6 Å². The van der Waals surface area contributed by atoms with E-state index in [0.29, 0.717) is 13.0 Å². The molecule has 0 saturated heterocycles. The van der Waals surface area contributed by atoms with E-state index >= 15 is 0 Å². The van der Waals surface area contributed by atoms with Crippen molar-refractivity contribution in [1.29, 1.82) is 0 Å². The number of nitrogens with zero attached hydrogens (tertiary/aromatic N) is 1. The summed E-state index contributed by atoms with van der Waals surface area (Å²) in [5.41, 5.74) is 0. The molecule has 0 spiro atoms. The van der Waals surface area contributed by atoms with Gasteiger partial charge in [0.25, 0.3) is 0 Å². The zero-order valence-corrected chi connectivity index (χ0v) is 12.4. The van der Waals surface area contributed by atoms with Crippen LogP contribution in [-0.4, -0.2) is 29.5 Å². The van der Waals surface area contributed by atoms with Crippen LogP contribution in [0.2, 0.25) is 0 Å². The van der Waals surface area contributed by atoms with Crippen LogP contribution in [0, 0.1) is 0 Å². The summed E-state index contributed by atoms with van der Waals surface area (Å²) in [5, 5.41) is 13.9. The lowest BCUT2D eigenvalue weighted by atomic mass is 10.2. The van der Waals surface area contributed by atoms with E-state index in [-0.39, 0.29) is 5.91 Å². The van der Waals surface area contributed by atoms with Gasteiger partial charge in [0.05, 0.1) is 6.54 Å². The molecule has 1 atom stereocenters. The Morgan fingerprint density at radius 2 is 2.05 bits per heavy atom. The largest absolute Gasteiger partial charge is 0.386 e. The average Bonchev–Trinajstić information content (AvgIpc) is 3.08. The number of aryl methyl sites for hydroxylation is 1. The van der Waals surface area contributed by atoms with Crippen LogP contribution >= 0.6 is 22.7 Å². The summed E-state index contributed by atoms with van der Waals surface area (Å²) in [4.78, 5) is 15.7. The van der Waals surface area contributed by atoms with Gasteiger partial charge in [0.15, 0.2) is 0 Å². The van der Waals surface area contributed by atoms with Gasteiger partial charge in [0.1, 0.15) is 6.10 Å². The van der Waals surface area contributed by atoms with Crippen molar-refractivity contribution in [1.82, 2.24) is 4.90 Å². The Morgan fingerprint density at radius 1 is 1.32 bits per heavy atom. The van der Waals surface area contributed by atoms with Crippen LogP contribution in [0.25, 0.3) is 0 Å². The minimum absolute atomic E-state index is 0.0732. The molecule has 0 saturated carbocycles. The number of aliphatic hydroxyl groups is 1. The Kier molecular flexibility index (Phi) is 5.13. The van der Waals surface area contributed by atoms with E-state index < -0.39 is 6.10 Å². The molecule has 0 aliphatic heterocycles.